The number of anilines is 1. The molecule has 3 rings (SSSR count). The third-order valence-corrected chi connectivity index (χ3v) is 4.76. The monoisotopic (exact) mass is 327 g/mol. The number of carbonyl (C=O) groups is 2. The molecule has 5 nitrogen and oxygen atoms in total. The molecular formula is C17H17N3O2S. The molecule has 0 bridgehead atoms. The van der Waals surface area contributed by atoms with Crippen LogP contribution in [0.15, 0.2) is 42.7 Å². The zero-order valence-corrected chi connectivity index (χ0v) is 13.6. The lowest BCUT2D eigenvalue weighted by atomic mass is 10.1. The number of aromatic nitrogens is 2. The molecule has 1 atom stereocenters. The molecule has 0 saturated carbocycles. The summed E-state index contributed by atoms with van der Waals surface area (Å²) in [6.07, 6.45) is 3.79. The lowest BCUT2D eigenvalue weighted by molar-refractivity contribution is -0.117. The molecule has 1 aliphatic heterocycles. The van der Waals surface area contributed by atoms with Crippen molar-refractivity contribution in [1.29, 1.82) is 0 Å². The number of carbonyl (C=O) groups excluding carboxylic acids is 2. The smallest absolute Gasteiger partial charge is 0.228 e. The van der Waals surface area contributed by atoms with E-state index in [9.17, 15) is 9.59 Å². The minimum Gasteiger partial charge on any atom is -0.295 e. The van der Waals surface area contributed by atoms with Gasteiger partial charge in [-0.25, -0.2) is 4.98 Å². The van der Waals surface area contributed by atoms with Crippen molar-refractivity contribution in [2.24, 2.45) is 5.92 Å². The molecule has 0 radical (unpaired) electrons. The number of rotatable bonds is 4. The summed E-state index contributed by atoms with van der Waals surface area (Å²) < 4.78 is 0. The van der Waals surface area contributed by atoms with Crippen molar-refractivity contribution in [3.63, 3.8) is 0 Å². The molecular weight excluding hydrogens is 310 g/mol. The molecule has 2 heterocycles. The second-order valence-electron chi connectivity index (χ2n) is 5.50. The molecule has 1 unspecified atom stereocenters. The first-order valence-electron chi connectivity index (χ1n) is 7.44. The lowest BCUT2D eigenvalue weighted by Gasteiger charge is -2.15. The first-order valence-corrected chi connectivity index (χ1v) is 8.43. The fourth-order valence-electron chi connectivity index (χ4n) is 2.57. The summed E-state index contributed by atoms with van der Waals surface area (Å²) in [7, 11) is 0. The van der Waals surface area contributed by atoms with Gasteiger partial charge in [-0.1, -0.05) is 42.1 Å². The van der Waals surface area contributed by atoms with Crippen molar-refractivity contribution >= 4 is 28.6 Å². The van der Waals surface area contributed by atoms with Gasteiger partial charge in [-0.05, 0) is 5.92 Å². The Morgan fingerprint density at radius 3 is 2.70 bits per heavy atom. The van der Waals surface area contributed by atoms with Crippen LogP contribution in [0.5, 0.6) is 0 Å². The molecule has 0 aliphatic carbocycles. The molecule has 0 spiro atoms. The Morgan fingerprint density at radius 2 is 2.04 bits per heavy atom. The highest BCUT2D eigenvalue weighted by atomic mass is 32.2. The van der Waals surface area contributed by atoms with Crippen LogP contribution in [0.4, 0.5) is 5.82 Å². The average molecular weight is 327 g/mol. The zero-order valence-electron chi connectivity index (χ0n) is 12.8. The maximum Gasteiger partial charge on any atom is 0.228 e. The van der Waals surface area contributed by atoms with Gasteiger partial charge < -0.3 is 0 Å². The summed E-state index contributed by atoms with van der Waals surface area (Å²) in [4.78, 5) is 33.7. The van der Waals surface area contributed by atoms with E-state index in [1.807, 2.05) is 30.3 Å². The van der Waals surface area contributed by atoms with E-state index in [2.05, 4.69) is 9.97 Å². The van der Waals surface area contributed by atoms with Crippen LogP contribution in [-0.4, -0.2) is 33.3 Å². The van der Waals surface area contributed by atoms with E-state index in [1.54, 1.807) is 24.2 Å². The third-order valence-electron chi connectivity index (χ3n) is 3.71. The highest BCUT2D eigenvalue weighted by Gasteiger charge is 2.31. The Kier molecular flexibility index (Phi) is 4.71. The van der Waals surface area contributed by atoms with Gasteiger partial charge in [-0.3, -0.25) is 19.5 Å². The van der Waals surface area contributed by atoms with E-state index in [0.717, 1.165) is 11.3 Å². The van der Waals surface area contributed by atoms with Gasteiger partial charge in [0.15, 0.2) is 10.9 Å². The summed E-state index contributed by atoms with van der Waals surface area (Å²) >= 11 is 1.27. The van der Waals surface area contributed by atoms with Crippen LogP contribution in [-0.2, 0) is 9.59 Å². The standard InChI is InChI=1S/C17H17N3O2S/c1-12(21)23-11-13-7-17(22)20(10-13)16-9-18-15(8-19-16)14-5-3-2-4-6-14/h2-6,8-9,13H,7,10-11H2,1H3. The third kappa shape index (κ3) is 3.76. The normalized spacial score (nSPS) is 17.5. The Balaban J connectivity index is 1.70. The Hall–Kier alpha value is -2.21. The Labute approximate surface area is 139 Å². The van der Waals surface area contributed by atoms with Crippen LogP contribution in [0.2, 0.25) is 0 Å². The number of benzene rings is 1. The summed E-state index contributed by atoms with van der Waals surface area (Å²) in [5.41, 5.74) is 1.78. The average Bonchev–Trinajstić information content (AvgIpc) is 2.95. The van der Waals surface area contributed by atoms with E-state index in [0.29, 0.717) is 24.5 Å². The second kappa shape index (κ2) is 6.91. The van der Waals surface area contributed by atoms with Crippen LogP contribution in [0.3, 0.4) is 0 Å². The fraction of sp³-hybridized carbons (Fsp3) is 0.294. The van der Waals surface area contributed by atoms with Gasteiger partial charge in [-0.2, -0.15) is 0 Å². The number of thioether (sulfide) groups is 1. The summed E-state index contributed by atoms with van der Waals surface area (Å²) in [6, 6.07) is 9.80. The summed E-state index contributed by atoms with van der Waals surface area (Å²) in [5, 5.41) is 0.0860. The molecule has 1 fully saturated rings. The van der Waals surface area contributed by atoms with Crippen LogP contribution in [0.25, 0.3) is 11.3 Å². The molecule has 6 heteroatoms. The van der Waals surface area contributed by atoms with E-state index < -0.39 is 0 Å². The Morgan fingerprint density at radius 1 is 1.26 bits per heavy atom. The van der Waals surface area contributed by atoms with Crippen molar-refractivity contribution in [3.05, 3.63) is 42.7 Å². The van der Waals surface area contributed by atoms with Crippen molar-refractivity contribution in [1.82, 2.24) is 9.97 Å². The lowest BCUT2D eigenvalue weighted by Crippen LogP contribution is -2.25. The number of amides is 1. The van der Waals surface area contributed by atoms with Gasteiger partial charge in [0.1, 0.15) is 0 Å². The van der Waals surface area contributed by atoms with Gasteiger partial charge in [0.25, 0.3) is 0 Å². The van der Waals surface area contributed by atoms with E-state index >= 15 is 0 Å². The zero-order chi connectivity index (χ0) is 16.2. The first-order chi connectivity index (χ1) is 11.1. The van der Waals surface area contributed by atoms with Crippen molar-refractivity contribution in [3.8, 4) is 11.3 Å². The number of hydrogen-bond acceptors (Lipinski definition) is 5. The largest absolute Gasteiger partial charge is 0.295 e. The molecule has 1 aromatic carbocycles. The Bertz CT molecular complexity index is 704. The van der Waals surface area contributed by atoms with Gasteiger partial charge >= 0.3 is 0 Å². The van der Waals surface area contributed by atoms with Crippen LogP contribution >= 0.6 is 11.8 Å². The van der Waals surface area contributed by atoms with Gasteiger partial charge in [0.05, 0.1) is 18.1 Å². The minimum absolute atomic E-state index is 0.0425. The predicted molar refractivity (Wildman–Crippen MR) is 91.1 cm³/mol. The fourth-order valence-corrected chi connectivity index (χ4v) is 3.26. The van der Waals surface area contributed by atoms with Gasteiger partial charge in [0.2, 0.25) is 5.91 Å². The quantitative estimate of drug-likeness (QED) is 0.864. The molecule has 118 valence electrons. The minimum atomic E-state index is 0.0425. The van der Waals surface area contributed by atoms with Gasteiger partial charge in [0, 0.05) is 31.2 Å². The van der Waals surface area contributed by atoms with Crippen molar-refractivity contribution in [2.45, 2.75) is 13.3 Å². The van der Waals surface area contributed by atoms with E-state index in [-0.39, 0.29) is 16.9 Å². The summed E-state index contributed by atoms with van der Waals surface area (Å²) in [5.74, 6) is 1.48. The van der Waals surface area contributed by atoms with Crippen molar-refractivity contribution in [2.75, 3.05) is 17.2 Å². The SMILES string of the molecule is CC(=O)SCC1CC(=O)N(c2cnc(-c3ccccc3)cn2)C1. The topological polar surface area (TPSA) is 63.2 Å². The molecule has 2 aromatic rings. The van der Waals surface area contributed by atoms with E-state index in [1.165, 1.54) is 11.8 Å². The van der Waals surface area contributed by atoms with E-state index in [4.69, 9.17) is 0 Å². The number of hydrogen-bond donors (Lipinski definition) is 0. The van der Waals surface area contributed by atoms with Crippen LogP contribution in [0.1, 0.15) is 13.3 Å². The maximum absolute atomic E-state index is 12.1. The molecule has 1 aromatic heterocycles. The second-order valence-corrected chi connectivity index (χ2v) is 6.70. The van der Waals surface area contributed by atoms with Crippen LogP contribution in [0, 0.1) is 5.92 Å². The molecule has 23 heavy (non-hydrogen) atoms. The van der Waals surface area contributed by atoms with Gasteiger partial charge in [-0.15, -0.1) is 0 Å². The predicted octanol–water partition coefficient (Wildman–Crippen LogP) is 2.78. The highest BCUT2D eigenvalue weighted by Crippen LogP contribution is 2.26. The maximum atomic E-state index is 12.1. The molecule has 1 saturated heterocycles. The first kappa shape index (κ1) is 15.7. The summed E-state index contributed by atoms with van der Waals surface area (Å²) in [6.45, 7) is 2.14. The number of nitrogens with zero attached hydrogens (tertiary/aromatic N) is 3. The van der Waals surface area contributed by atoms with Crippen LogP contribution < -0.4 is 4.90 Å². The van der Waals surface area contributed by atoms with Crippen molar-refractivity contribution < 1.29 is 9.59 Å². The molecule has 1 aliphatic rings. The highest BCUT2D eigenvalue weighted by molar-refractivity contribution is 8.13. The molecule has 0 N–H and O–H groups in total. The molecule has 1 amide bonds.